The molecule has 0 radical (unpaired) electrons. The fourth-order valence-electron chi connectivity index (χ4n) is 1.87. The van der Waals surface area contributed by atoms with Crippen LogP contribution in [0.3, 0.4) is 0 Å². The van der Waals surface area contributed by atoms with E-state index in [1.54, 1.807) is 19.1 Å². The number of hydrogen-bond donors (Lipinski definition) is 2. The van der Waals surface area contributed by atoms with E-state index in [2.05, 4.69) is 13.9 Å². The monoisotopic (exact) mass is 329 g/mol. The zero-order chi connectivity index (χ0) is 15.5. The van der Waals surface area contributed by atoms with Gasteiger partial charge in [0.2, 0.25) is 10.0 Å². The molecule has 0 bridgehead atoms. The Hall–Kier alpha value is -1.78. The van der Waals surface area contributed by atoms with Crippen LogP contribution in [0.15, 0.2) is 28.3 Å². The second kappa shape index (κ2) is 6.33. The van der Waals surface area contributed by atoms with E-state index in [-0.39, 0.29) is 30.2 Å². The number of amidine groups is 1. The van der Waals surface area contributed by atoms with Crippen LogP contribution in [0.25, 0.3) is 11.0 Å². The molecular formula is C11H15N5O3S2. The molecule has 0 aliphatic rings. The number of oxime groups is 1. The summed E-state index contributed by atoms with van der Waals surface area (Å²) in [6, 6.07) is 4.85. The molecule has 21 heavy (non-hydrogen) atoms. The van der Waals surface area contributed by atoms with E-state index in [1.807, 2.05) is 0 Å². The number of aromatic nitrogens is 2. The maximum Gasteiger partial charge on any atom is 0.245 e. The molecule has 8 nitrogen and oxygen atoms in total. The van der Waals surface area contributed by atoms with Crippen LogP contribution >= 0.6 is 11.7 Å². The van der Waals surface area contributed by atoms with Crippen LogP contribution in [0, 0.1) is 0 Å². The summed E-state index contributed by atoms with van der Waals surface area (Å²) < 4.78 is 34.7. The highest BCUT2D eigenvalue weighted by Gasteiger charge is 2.26. The van der Waals surface area contributed by atoms with Gasteiger partial charge in [0, 0.05) is 19.5 Å². The molecule has 2 aromatic rings. The molecule has 0 aliphatic carbocycles. The Labute approximate surface area is 126 Å². The van der Waals surface area contributed by atoms with Gasteiger partial charge in [0.05, 0.1) is 11.7 Å². The minimum atomic E-state index is -3.71. The second-order valence-electron chi connectivity index (χ2n) is 4.23. The topological polar surface area (TPSA) is 122 Å². The predicted molar refractivity (Wildman–Crippen MR) is 79.9 cm³/mol. The maximum absolute atomic E-state index is 12.7. The summed E-state index contributed by atoms with van der Waals surface area (Å²) in [5, 5.41) is 11.4. The number of nitrogens with two attached hydrogens (primary N) is 1. The van der Waals surface area contributed by atoms with Crippen molar-refractivity contribution in [2.45, 2.75) is 18.2 Å². The van der Waals surface area contributed by atoms with Crippen LogP contribution in [0.5, 0.6) is 0 Å². The minimum Gasteiger partial charge on any atom is -0.409 e. The van der Waals surface area contributed by atoms with Gasteiger partial charge in [-0.3, -0.25) is 0 Å². The van der Waals surface area contributed by atoms with Crippen molar-refractivity contribution in [1.82, 2.24) is 13.1 Å². The van der Waals surface area contributed by atoms with E-state index < -0.39 is 10.0 Å². The van der Waals surface area contributed by atoms with Crippen molar-refractivity contribution in [3.63, 3.8) is 0 Å². The molecule has 3 N–H and O–H groups in total. The highest BCUT2D eigenvalue weighted by molar-refractivity contribution is 7.89. The van der Waals surface area contributed by atoms with Crippen molar-refractivity contribution in [1.29, 1.82) is 0 Å². The Kier molecular flexibility index (Phi) is 4.70. The van der Waals surface area contributed by atoms with Gasteiger partial charge >= 0.3 is 0 Å². The van der Waals surface area contributed by atoms with Crippen molar-refractivity contribution in [3.8, 4) is 0 Å². The van der Waals surface area contributed by atoms with Gasteiger partial charge in [-0.25, -0.2) is 8.42 Å². The lowest BCUT2D eigenvalue weighted by molar-refractivity contribution is 0.315. The SMILES string of the molecule is CCN(CCC(N)=NO)S(=O)(=O)c1cccc2nsnc12. The smallest absolute Gasteiger partial charge is 0.245 e. The summed E-state index contributed by atoms with van der Waals surface area (Å²) in [6.45, 7) is 2.13. The molecule has 0 amide bonds. The number of fused-ring (bicyclic) bond motifs is 1. The lowest BCUT2D eigenvalue weighted by Crippen LogP contribution is -2.34. The van der Waals surface area contributed by atoms with E-state index in [0.717, 1.165) is 11.7 Å². The average molecular weight is 329 g/mol. The Morgan fingerprint density at radius 2 is 2.24 bits per heavy atom. The van der Waals surface area contributed by atoms with E-state index >= 15 is 0 Å². The highest BCUT2D eigenvalue weighted by Crippen LogP contribution is 2.24. The molecule has 10 heteroatoms. The minimum absolute atomic E-state index is 0.0165. The van der Waals surface area contributed by atoms with Crippen LogP contribution in [-0.4, -0.2) is 45.6 Å². The molecule has 1 aromatic carbocycles. The zero-order valence-electron chi connectivity index (χ0n) is 11.3. The quantitative estimate of drug-likeness (QED) is 0.350. The molecule has 0 spiro atoms. The first kappa shape index (κ1) is 15.6. The number of rotatable bonds is 6. The molecule has 2 rings (SSSR count). The van der Waals surface area contributed by atoms with Crippen LogP contribution in [0.1, 0.15) is 13.3 Å². The lowest BCUT2D eigenvalue weighted by atomic mass is 10.3. The lowest BCUT2D eigenvalue weighted by Gasteiger charge is -2.20. The first-order chi connectivity index (χ1) is 10.0. The van der Waals surface area contributed by atoms with Crippen molar-refractivity contribution in [2.24, 2.45) is 10.9 Å². The van der Waals surface area contributed by atoms with Gasteiger partial charge in [-0.05, 0) is 12.1 Å². The third kappa shape index (κ3) is 3.12. The predicted octanol–water partition coefficient (Wildman–Crippen LogP) is 0.838. The number of benzene rings is 1. The Morgan fingerprint density at radius 1 is 1.48 bits per heavy atom. The molecule has 114 valence electrons. The van der Waals surface area contributed by atoms with Gasteiger partial charge in [0.15, 0.2) is 0 Å². The first-order valence-corrected chi connectivity index (χ1v) is 8.35. The standard InChI is InChI=1S/C11H15N5O3S2/c1-2-16(7-6-10(12)13-17)21(18,19)9-5-3-4-8-11(9)15-20-14-8/h3-5,17H,2,6-7H2,1H3,(H2,12,13). The van der Waals surface area contributed by atoms with Crippen molar-refractivity contribution >= 4 is 38.6 Å². The van der Waals surface area contributed by atoms with E-state index in [1.165, 1.54) is 10.4 Å². The van der Waals surface area contributed by atoms with Crippen LogP contribution < -0.4 is 5.73 Å². The number of hydrogen-bond acceptors (Lipinski definition) is 7. The van der Waals surface area contributed by atoms with Crippen LogP contribution in [0.2, 0.25) is 0 Å². The Balaban J connectivity index is 2.37. The molecule has 0 fully saturated rings. The van der Waals surface area contributed by atoms with Gasteiger partial charge in [-0.15, -0.1) is 0 Å². The molecule has 0 saturated carbocycles. The zero-order valence-corrected chi connectivity index (χ0v) is 12.9. The number of sulfonamides is 1. The fraction of sp³-hybridized carbons (Fsp3) is 0.364. The van der Waals surface area contributed by atoms with E-state index in [9.17, 15) is 8.42 Å². The Morgan fingerprint density at radius 3 is 2.90 bits per heavy atom. The summed E-state index contributed by atoms with van der Waals surface area (Å²) in [6.07, 6.45) is 0.148. The van der Waals surface area contributed by atoms with Gasteiger partial charge < -0.3 is 10.9 Å². The van der Waals surface area contributed by atoms with Gasteiger partial charge in [-0.2, -0.15) is 13.1 Å². The molecular weight excluding hydrogens is 314 g/mol. The van der Waals surface area contributed by atoms with Crippen molar-refractivity contribution in [3.05, 3.63) is 18.2 Å². The molecule has 0 saturated heterocycles. The largest absolute Gasteiger partial charge is 0.409 e. The van der Waals surface area contributed by atoms with Crippen molar-refractivity contribution < 1.29 is 13.6 Å². The van der Waals surface area contributed by atoms with Crippen LogP contribution in [0.4, 0.5) is 0 Å². The summed E-state index contributed by atoms with van der Waals surface area (Å²) >= 11 is 0.969. The molecule has 0 unspecified atom stereocenters. The second-order valence-corrected chi connectivity index (χ2v) is 6.66. The fourth-order valence-corrected chi connectivity index (χ4v) is 4.07. The molecule has 1 heterocycles. The summed E-state index contributed by atoms with van der Waals surface area (Å²) in [7, 11) is -3.71. The average Bonchev–Trinajstić information content (AvgIpc) is 2.95. The van der Waals surface area contributed by atoms with E-state index in [0.29, 0.717) is 11.0 Å². The summed E-state index contributed by atoms with van der Waals surface area (Å²) in [5.41, 5.74) is 6.30. The first-order valence-electron chi connectivity index (χ1n) is 6.18. The molecule has 0 atom stereocenters. The third-order valence-electron chi connectivity index (χ3n) is 2.97. The molecule has 1 aromatic heterocycles. The number of nitrogens with zero attached hydrogens (tertiary/aromatic N) is 4. The van der Waals surface area contributed by atoms with Gasteiger partial charge in [0.25, 0.3) is 0 Å². The summed E-state index contributed by atoms with van der Waals surface area (Å²) in [5.74, 6) is -0.0165. The third-order valence-corrected chi connectivity index (χ3v) is 5.51. The molecule has 0 aliphatic heterocycles. The van der Waals surface area contributed by atoms with E-state index in [4.69, 9.17) is 10.9 Å². The van der Waals surface area contributed by atoms with Gasteiger partial charge in [0.1, 0.15) is 21.8 Å². The maximum atomic E-state index is 12.7. The highest BCUT2D eigenvalue weighted by atomic mass is 32.2. The normalized spacial score (nSPS) is 13.1. The summed E-state index contributed by atoms with van der Waals surface area (Å²) in [4.78, 5) is 0.120. The van der Waals surface area contributed by atoms with Crippen molar-refractivity contribution in [2.75, 3.05) is 13.1 Å². The van der Waals surface area contributed by atoms with Gasteiger partial charge in [-0.1, -0.05) is 18.1 Å². The Bertz CT molecular complexity index is 756. The van der Waals surface area contributed by atoms with Crippen LogP contribution in [-0.2, 0) is 10.0 Å².